The first-order valence-corrected chi connectivity index (χ1v) is 10.6. The molecule has 1 atom stereocenters. The summed E-state index contributed by atoms with van der Waals surface area (Å²) in [4.78, 5) is 32.3. The fourth-order valence-electron chi connectivity index (χ4n) is 3.13. The Hall–Kier alpha value is -2.48. The van der Waals surface area contributed by atoms with E-state index in [4.69, 9.17) is 4.74 Å². The number of benzene rings is 1. The molecule has 0 bridgehead atoms. The van der Waals surface area contributed by atoms with Gasteiger partial charge in [0, 0.05) is 36.6 Å². The highest BCUT2D eigenvalue weighted by molar-refractivity contribution is 7.99. The Morgan fingerprint density at radius 1 is 1.21 bits per heavy atom. The number of likely N-dealkylation sites (tertiary alicyclic amines) is 1. The van der Waals surface area contributed by atoms with Gasteiger partial charge < -0.3 is 14.6 Å². The van der Waals surface area contributed by atoms with Gasteiger partial charge in [-0.2, -0.15) is 0 Å². The minimum absolute atomic E-state index is 0.180. The summed E-state index contributed by atoms with van der Waals surface area (Å²) in [6.07, 6.45) is 5.66. The SMILES string of the molecule is Cn1ccnc1Sc1ccc(NC(=O)C2CCCCN2C(=O)OC(C)(C)C)cc1. The monoisotopic (exact) mass is 416 g/mol. The van der Waals surface area contributed by atoms with Crippen LogP contribution in [-0.2, 0) is 16.6 Å². The van der Waals surface area contributed by atoms with Crippen LogP contribution in [0.3, 0.4) is 0 Å². The summed E-state index contributed by atoms with van der Waals surface area (Å²) in [5.74, 6) is -0.180. The van der Waals surface area contributed by atoms with Crippen LogP contribution in [0.5, 0.6) is 0 Å². The molecule has 2 heterocycles. The number of piperidine rings is 1. The molecule has 29 heavy (non-hydrogen) atoms. The minimum atomic E-state index is -0.587. The predicted molar refractivity (Wildman–Crippen MR) is 113 cm³/mol. The molecule has 1 aliphatic heterocycles. The molecule has 1 unspecified atom stereocenters. The summed E-state index contributed by atoms with van der Waals surface area (Å²) in [7, 11) is 1.95. The Morgan fingerprint density at radius 2 is 1.93 bits per heavy atom. The van der Waals surface area contributed by atoms with Gasteiger partial charge in [0.05, 0.1) is 0 Å². The van der Waals surface area contributed by atoms with E-state index in [9.17, 15) is 9.59 Å². The van der Waals surface area contributed by atoms with E-state index in [0.717, 1.165) is 22.9 Å². The van der Waals surface area contributed by atoms with Crippen molar-refractivity contribution < 1.29 is 14.3 Å². The number of aromatic nitrogens is 2. The van der Waals surface area contributed by atoms with Crippen molar-refractivity contribution >= 4 is 29.4 Å². The second-order valence-electron chi connectivity index (χ2n) is 8.12. The van der Waals surface area contributed by atoms with Crippen molar-refractivity contribution in [1.82, 2.24) is 14.5 Å². The van der Waals surface area contributed by atoms with Crippen LogP contribution in [-0.4, -0.2) is 44.6 Å². The van der Waals surface area contributed by atoms with Crippen molar-refractivity contribution in [2.45, 2.75) is 61.7 Å². The second-order valence-corrected chi connectivity index (χ2v) is 9.16. The molecule has 1 aromatic heterocycles. The van der Waals surface area contributed by atoms with Crippen LogP contribution in [0.25, 0.3) is 0 Å². The van der Waals surface area contributed by atoms with Crippen LogP contribution in [0.15, 0.2) is 46.7 Å². The summed E-state index contributed by atoms with van der Waals surface area (Å²) in [5.41, 5.74) is 0.116. The van der Waals surface area contributed by atoms with E-state index in [1.165, 1.54) is 0 Å². The zero-order valence-electron chi connectivity index (χ0n) is 17.3. The molecule has 1 aliphatic rings. The first kappa shape index (κ1) is 21.2. The Balaban J connectivity index is 1.63. The number of nitrogens with one attached hydrogen (secondary N) is 1. The maximum absolute atomic E-state index is 12.9. The van der Waals surface area contributed by atoms with Gasteiger partial charge in [-0.25, -0.2) is 9.78 Å². The fraction of sp³-hybridized carbons (Fsp3) is 0.476. The van der Waals surface area contributed by atoms with E-state index in [1.54, 1.807) is 22.9 Å². The number of amides is 2. The topological polar surface area (TPSA) is 76.5 Å². The minimum Gasteiger partial charge on any atom is -0.444 e. The van der Waals surface area contributed by atoms with Crippen LogP contribution < -0.4 is 5.32 Å². The number of anilines is 1. The predicted octanol–water partition coefficient (Wildman–Crippen LogP) is 4.30. The highest BCUT2D eigenvalue weighted by atomic mass is 32.2. The largest absolute Gasteiger partial charge is 0.444 e. The van der Waals surface area contributed by atoms with Gasteiger partial charge in [0.15, 0.2) is 5.16 Å². The highest BCUT2D eigenvalue weighted by Crippen LogP contribution is 2.27. The summed E-state index contributed by atoms with van der Waals surface area (Å²) in [6, 6.07) is 7.11. The quantitative estimate of drug-likeness (QED) is 0.804. The van der Waals surface area contributed by atoms with Gasteiger partial charge in [-0.1, -0.05) is 11.8 Å². The molecule has 1 aromatic carbocycles. The van der Waals surface area contributed by atoms with Crippen LogP contribution >= 0.6 is 11.8 Å². The maximum Gasteiger partial charge on any atom is 0.410 e. The summed E-state index contributed by atoms with van der Waals surface area (Å²) >= 11 is 1.56. The van der Waals surface area contributed by atoms with Crippen molar-refractivity contribution in [3.63, 3.8) is 0 Å². The van der Waals surface area contributed by atoms with Gasteiger partial charge >= 0.3 is 6.09 Å². The molecule has 1 N–H and O–H groups in total. The molecule has 3 rings (SSSR count). The van der Waals surface area contributed by atoms with Crippen LogP contribution in [0.1, 0.15) is 40.0 Å². The molecule has 8 heteroatoms. The van der Waals surface area contributed by atoms with E-state index < -0.39 is 17.7 Å². The molecule has 1 fully saturated rings. The molecule has 156 valence electrons. The average molecular weight is 417 g/mol. The van der Waals surface area contributed by atoms with Gasteiger partial charge in [0.1, 0.15) is 11.6 Å². The summed E-state index contributed by atoms with van der Waals surface area (Å²) in [6.45, 7) is 6.02. The van der Waals surface area contributed by atoms with E-state index in [0.29, 0.717) is 18.7 Å². The summed E-state index contributed by atoms with van der Waals surface area (Å²) in [5, 5.41) is 3.84. The second kappa shape index (κ2) is 8.90. The average Bonchev–Trinajstić information content (AvgIpc) is 3.06. The number of carbonyl (C=O) groups is 2. The maximum atomic E-state index is 12.9. The fourth-order valence-corrected chi connectivity index (χ4v) is 3.93. The molecular formula is C21H28N4O3S. The molecule has 7 nitrogen and oxygen atoms in total. The van der Waals surface area contributed by atoms with E-state index in [1.807, 2.05) is 62.8 Å². The molecule has 2 amide bonds. The van der Waals surface area contributed by atoms with Gasteiger partial charge in [0.2, 0.25) is 5.91 Å². The Bertz CT molecular complexity index is 858. The third kappa shape index (κ3) is 5.76. The number of imidazole rings is 1. The van der Waals surface area contributed by atoms with Crippen LogP contribution in [0.2, 0.25) is 0 Å². The van der Waals surface area contributed by atoms with Gasteiger partial charge in [0.25, 0.3) is 0 Å². The Morgan fingerprint density at radius 3 is 2.55 bits per heavy atom. The van der Waals surface area contributed by atoms with Gasteiger partial charge in [-0.3, -0.25) is 9.69 Å². The number of aryl methyl sites for hydroxylation is 1. The van der Waals surface area contributed by atoms with Crippen molar-refractivity contribution in [1.29, 1.82) is 0 Å². The number of ether oxygens (including phenoxy) is 1. The van der Waals surface area contributed by atoms with E-state index >= 15 is 0 Å². The molecule has 0 aliphatic carbocycles. The number of nitrogens with zero attached hydrogens (tertiary/aromatic N) is 3. The highest BCUT2D eigenvalue weighted by Gasteiger charge is 2.34. The standard InChI is InChI=1S/C21H28N4O3S/c1-21(2,3)28-20(27)25-13-6-5-7-17(25)18(26)23-15-8-10-16(11-9-15)29-19-22-12-14-24(19)4/h8-12,14,17H,5-7,13H2,1-4H3,(H,23,26). The Kier molecular flexibility index (Phi) is 6.52. The lowest BCUT2D eigenvalue weighted by atomic mass is 10.0. The Labute approximate surface area is 175 Å². The third-order valence-electron chi connectivity index (χ3n) is 4.54. The lowest BCUT2D eigenvalue weighted by Crippen LogP contribution is -2.51. The van der Waals surface area contributed by atoms with Gasteiger partial charge in [-0.15, -0.1) is 0 Å². The van der Waals surface area contributed by atoms with Gasteiger partial charge in [-0.05, 0) is 64.3 Å². The van der Waals surface area contributed by atoms with Crippen molar-refractivity contribution in [2.75, 3.05) is 11.9 Å². The zero-order chi connectivity index (χ0) is 21.0. The lowest BCUT2D eigenvalue weighted by Gasteiger charge is -2.35. The molecule has 1 saturated heterocycles. The van der Waals surface area contributed by atoms with Crippen molar-refractivity contribution in [3.8, 4) is 0 Å². The smallest absolute Gasteiger partial charge is 0.410 e. The van der Waals surface area contributed by atoms with Crippen LogP contribution in [0.4, 0.5) is 10.5 Å². The van der Waals surface area contributed by atoms with Crippen LogP contribution in [0, 0.1) is 0 Å². The molecular weight excluding hydrogens is 388 g/mol. The summed E-state index contributed by atoms with van der Waals surface area (Å²) < 4.78 is 7.43. The normalized spacial score (nSPS) is 17.1. The zero-order valence-corrected chi connectivity index (χ0v) is 18.2. The molecule has 0 spiro atoms. The molecule has 2 aromatic rings. The number of hydrogen-bond acceptors (Lipinski definition) is 5. The number of rotatable bonds is 4. The number of hydrogen-bond donors (Lipinski definition) is 1. The van der Waals surface area contributed by atoms with Crippen molar-refractivity contribution in [2.24, 2.45) is 7.05 Å². The first-order valence-electron chi connectivity index (χ1n) is 9.79. The van der Waals surface area contributed by atoms with E-state index in [-0.39, 0.29) is 5.91 Å². The molecule has 0 saturated carbocycles. The van der Waals surface area contributed by atoms with Crippen molar-refractivity contribution in [3.05, 3.63) is 36.7 Å². The first-order chi connectivity index (χ1) is 13.7. The number of carbonyl (C=O) groups excluding carboxylic acids is 2. The lowest BCUT2D eigenvalue weighted by molar-refractivity contribution is -0.122. The van der Waals surface area contributed by atoms with E-state index in [2.05, 4.69) is 10.3 Å². The third-order valence-corrected chi connectivity index (χ3v) is 5.63. The molecule has 0 radical (unpaired) electrons.